The van der Waals surface area contributed by atoms with Crippen molar-refractivity contribution in [2.75, 3.05) is 6.61 Å². The average Bonchev–Trinajstić information content (AvgIpc) is 2.43. The molecule has 0 aromatic heterocycles. The number of amides is 1. The molecule has 0 radical (unpaired) electrons. The fraction of sp³-hybridized carbons (Fsp3) is 0.500. The van der Waals surface area contributed by atoms with E-state index in [1.807, 2.05) is 31.2 Å². The molecule has 1 amide bonds. The Labute approximate surface area is 125 Å². The first kappa shape index (κ1) is 17.0. The Kier molecular flexibility index (Phi) is 6.21. The van der Waals surface area contributed by atoms with Crippen molar-refractivity contribution < 1.29 is 19.4 Å². The third kappa shape index (κ3) is 6.29. The van der Waals surface area contributed by atoms with Gasteiger partial charge < -0.3 is 15.2 Å². The van der Waals surface area contributed by atoms with Crippen LogP contribution in [0, 0.1) is 0 Å². The van der Waals surface area contributed by atoms with E-state index in [0.29, 0.717) is 12.2 Å². The van der Waals surface area contributed by atoms with Crippen molar-refractivity contribution in [1.82, 2.24) is 5.32 Å². The minimum atomic E-state index is -0.870. The number of carbonyl (C=O) groups excluding carboxylic acids is 1. The molecular formula is C16H23NO4. The molecule has 116 valence electrons. The summed E-state index contributed by atoms with van der Waals surface area (Å²) in [5.74, 6) is -0.416. The van der Waals surface area contributed by atoms with Gasteiger partial charge in [0.25, 0.3) is 5.91 Å². The van der Waals surface area contributed by atoms with E-state index in [9.17, 15) is 9.59 Å². The minimum absolute atomic E-state index is 0.0206. The molecule has 0 saturated heterocycles. The van der Waals surface area contributed by atoms with Crippen LogP contribution in [0.25, 0.3) is 0 Å². The Balaban J connectivity index is 2.48. The summed E-state index contributed by atoms with van der Waals surface area (Å²) in [7, 11) is 0. The van der Waals surface area contributed by atoms with Crippen LogP contribution < -0.4 is 10.1 Å². The van der Waals surface area contributed by atoms with Crippen molar-refractivity contribution in [2.24, 2.45) is 0 Å². The van der Waals surface area contributed by atoms with Crippen LogP contribution >= 0.6 is 0 Å². The number of rotatable bonds is 8. The Morgan fingerprint density at radius 3 is 2.57 bits per heavy atom. The van der Waals surface area contributed by atoms with Crippen LogP contribution in [0.15, 0.2) is 24.3 Å². The van der Waals surface area contributed by atoms with Gasteiger partial charge >= 0.3 is 5.97 Å². The van der Waals surface area contributed by atoms with Gasteiger partial charge in [-0.3, -0.25) is 9.59 Å². The van der Waals surface area contributed by atoms with Crippen molar-refractivity contribution >= 4 is 11.9 Å². The van der Waals surface area contributed by atoms with Crippen molar-refractivity contribution in [3.05, 3.63) is 29.8 Å². The van der Waals surface area contributed by atoms with Gasteiger partial charge in [-0.25, -0.2) is 0 Å². The summed E-state index contributed by atoms with van der Waals surface area (Å²) in [6.07, 6.45) is 1.23. The van der Waals surface area contributed by atoms with Gasteiger partial charge in [0, 0.05) is 12.0 Å². The average molecular weight is 293 g/mol. The van der Waals surface area contributed by atoms with Crippen molar-refractivity contribution in [1.29, 1.82) is 0 Å². The van der Waals surface area contributed by atoms with Crippen LogP contribution in [0.3, 0.4) is 0 Å². The second-order valence-corrected chi connectivity index (χ2v) is 5.58. The summed E-state index contributed by atoms with van der Waals surface area (Å²) >= 11 is 0. The van der Waals surface area contributed by atoms with Gasteiger partial charge in [0.2, 0.25) is 0 Å². The smallest absolute Gasteiger partial charge is 0.303 e. The molecule has 0 fully saturated rings. The third-order valence-corrected chi connectivity index (χ3v) is 3.15. The largest absolute Gasteiger partial charge is 0.483 e. The number of nitrogens with one attached hydrogen (secondary N) is 1. The van der Waals surface area contributed by atoms with Crippen LogP contribution in [0.4, 0.5) is 0 Å². The highest BCUT2D eigenvalue weighted by Gasteiger charge is 2.21. The quantitative estimate of drug-likeness (QED) is 0.771. The zero-order valence-electron chi connectivity index (χ0n) is 12.8. The highest BCUT2D eigenvalue weighted by molar-refractivity contribution is 5.78. The molecule has 0 atom stereocenters. The lowest BCUT2D eigenvalue weighted by molar-refractivity contribution is -0.138. The number of benzene rings is 1. The standard InChI is InChI=1S/C16H23NO4/c1-4-12-7-5-6-8-13(12)21-11-14(18)17-16(2,3)10-9-15(19)20/h5-8H,4,9-11H2,1-3H3,(H,17,18)(H,19,20). The molecule has 0 bridgehead atoms. The predicted octanol–water partition coefficient (Wildman–Crippen LogP) is 2.39. The maximum absolute atomic E-state index is 11.9. The van der Waals surface area contributed by atoms with Crippen LogP contribution in [0.5, 0.6) is 5.75 Å². The second kappa shape index (κ2) is 7.67. The van der Waals surface area contributed by atoms with Gasteiger partial charge in [0.1, 0.15) is 5.75 Å². The Morgan fingerprint density at radius 2 is 1.95 bits per heavy atom. The predicted molar refractivity (Wildman–Crippen MR) is 80.4 cm³/mol. The van der Waals surface area contributed by atoms with E-state index in [4.69, 9.17) is 9.84 Å². The van der Waals surface area contributed by atoms with Gasteiger partial charge in [0.15, 0.2) is 6.61 Å². The first-order valence-corrected chi connectivity index (χ1v) is 7.07. The molecule has 2 N–H and O–H groups in total. The molecule has 1 aromatic rings. The Hall–Kier alpha value is -2.04. The number of carbonyl (C=O) groups is 2. The summed E-state index contributed by atoms with van der Waals surface area (Å²) in [5.41, 5.74) is 0.485. The van der Waals surface area contributed by atoms with E-state index in [1.165, 1.54) is 0 Å². The van der Waals surface area contributed by atoms with E-state index < -0.39 is 11.5 Å². The van der Waals surface area contributed by atoms with Crippen LogP contribution in [-0.2, 0) is 16.0 Å². The van der Waals surface area contributed by atoms with E-state index >= 15 is 0 Å². The first-order chi connectivity index (χ1) is 9.84. The molecule has 0 aliphatic rings. The molecule has 0 heterocycles. The van der Waals surface area contributed by atoms with E-state index in [0.717, 1.165) is 12.0 Å². The van der Waals surface area contributed by atoms with E-state index in [-0.39, 0.29) is 18.9 Å². The SMILES string of the molecule is CCc1ccccc1OCC(=O)NC(C)(C)CCC(=O)O. The number of carboxylic acid groups (broad SMARTS) is 1. The first-order valence-electron chi connectivity index (χ1n) is 7.07. The monoisotopic (exact) mass is 293 g/mol. The number of ether oxygens (including phenoxy) is 1. The summed E-state index contributed by atoms with van der Waals surface area (Å²) < 4.78 is 5.53. The maximum Gasteiger partial charge on any atom is 0.303 e. The zero-order valence-corrected chi connectivity index (χ0v) is 12.8. The van der Waals surface area contributed by atoms with E-state index in [2.05, 4.69) is 5.32 Å². The summed E-state index contributed by atoms with van der Waals surface area (Å²) in [4.78, 5) is 22.5. The fourth-order valence-corrected chi connectivity index (χ4v) is 1.98. The van der Waals surface area contributed by atoms with E-state index in [1.54, 1.807) is 13.8 Å². The van der Waals surface area contributed by atoms with Gasteiger partial charge in [-0.1, -0.05) is 25.1 Å². The van der Waals surface area contributed by atoms with Gasteiger partial charge in [-0.05, 0) is 38.3 Å². The number of hydrogen-bond donors (Lipinski definition) is 2. The van der Waals surface area contributed by atoms with Crippen molar-refractivity contribution in [3.63, 3.8) is 0 Å². The molecule has 0 unspecified atom stereocenters. The third-order valence-electron chi connectivity index (χ3n) is 3.15. The van der Waals surface area contributed by atoms with Crippen LogP contribution in [0.2, 0.25) is 0 Å². The molecule has 0 aliphatic carbocycles. The highest BCUT2D eigenvalue weighted by atomic mass is 16.5. The van der Waals surface area contributed by atoms with Crippen molar-refractivity contribution in [2.45, 2.75) is 45.6 Å². The molecule has 5 nitrogen and oxygen atoms in total. The number of aryl methyl sites for hydroxylation is 1. The molecular weight excluding hydrogens is 270 g/mol. The normalized spacial score (nSPS) is 11.0. The maximum atomic E-state index is 11.9. The van der Waals surface area contributed by atoms with Gasteiger partial charge in [0.05, 0.1) is 0 Å². The lowest BCUT2D eigenvalue weighted by Gasteiger charge is -2.25. The lowest BCUT2D eigenvalue weighted by Crippen LogP contribution is -2.45. The second-order valence-electron chi connectivity index (χ2n) is 5.58. The minimum Gasteiger partial charge on any atom is -0.483 e. The molecule has 0 spiro atoms. The fourth-order valence-electron chi connectivity index (χ4n) is 1.98. The van der Waals surface area contributed by atoms with Gasteiger partial charge in [-0.2, -0.15) is 0 Å². The van der Waals surface area contributed by atoms with Crippen LogP contribution in [0.1, 0.15) is 39.2 Å². The number of aliphatic carboxylic acids is 1. The number of carboxylic acids is 1. The molecule has 0 aliphatic heterocycles. The Bertz CT molecular complexity index is 497. The van der Waals surface area contributed by atoms with Crippen molar-refractivity contribution in [3.8, 4) is 5.75 Å². The summed E-state index contributed by atoms with van der Waals surface area (Å²) in [5, 5.41) is 11.5. The molecule has 1 aromatic carbocycles. The molecule has 5 heteroatoms. The zero-order chi connectivity index (χ0) is 15.9. The summed E-state index contributed by atoms with van der Waals surface area (Å²) in [6, 6.07) is 7.59. The van der Waals surface area contributed by atoms with Gasteiger partial charge in [-0.15, -0.1) is 0 Å². The highest BCUT2D eigenvalue weighted by Crippen LogP contribution is 2.18. The Morgan fingerprint density at radius 1 is 1.29 bits per heavy atom. The topological polar surface area (TPSA) is 75.6 Å². The molecule has 21 heavy (non-hydrogen) atoms. The number of hydrogen-bond acceptors (Lipinski definition) is 3. The molecule has 1 rings (SSSR count). The number of para-hydroxylation sites is 1. The lowest BCUT2D eigenvalue weighted by atomic mass is 9.98. The summed E-state index contributed by atoms with van der Waals surface area (Å²) in [6.45, 7) is 5.55. The molecule has 0 saturated carbocycles. The van der Waals surface area contributed by atoms with Crippen LogP contribution in [-0.4, -0.2) is 29.1 Å².